The van der Waals surface area contributed by atoms with Crippen LogP contribution in [0.2, 0.25) is 5.02 Å². The van der Waals surface area contributed by atoms with E-state index in [4.69, 9.17) is 16.1 Å². The molecule has 2 aromatic carbocycles. The van der Waals surface area contributed by atoms with E-state index in [1.807, 2.05) is 18.2 Å². The van der Waals surface area contributed by atoms with E-state index in [-0.39, 0.29) is 5.75 Å². The molecular formula is C13H8ClNO2. The van der Waals surface area contributed by atoms with E-state index in [1.54, 1.807) is 24.3 Å². The Hall–Kier alpha value is -2.00. The topological polar surface area (TPSA) is 46.3 Å². The Bertz CT molecular complexity index is 691. The van der Waals surface area contributed by atoms with Gasteiger partial charge in [0.05, 0.1) is 16.0 Å². The largest absolute Gasteiger partial charge is 0.507 e. The molecule has 0 saturated heterocycles. The van der Waals surface area contributed by atoms with Crippen molar-refractivity contribution in [2.45, 2.75) is 0 Å². The molecule has 3 rings (SSSR count). The van der Waals surface area contributed by atoms with E-state index >= 15 is 0 Å². The lowest BCUT2D eigenvalue weighted by molar-refractivity contribution is 0.433. The number of hydrogen-bond acceptors (Lipinski definition) is 3. The van der Waals surface area contributed by atoms with Gasteiger partial charge >= 0.3 is 0 Å². The second kappa shape index (κ2) is 3.79. The summed E-state index contributed by atoms with van der Waals surface area (Å²) in [7, 11) is 0. The van der Waals surface area contributed by atoms with Gasteiger partial charge in [-0.2, -0.15) is 0 Å². The van der Waals surface area contributed by atoms with Gasteiger partial charge in [-0.05, 0) is 24.3 Å². The van der Waals surface area contributed by atoms with Gasteiger partial charge in [0.2, 0.25) is 0 Å². The predicted molar refractivity (Wildman–Crippen MR) is 66.1 cm³/mol. The van der Waals surface area contributed by atoms with Crippen LogP contribution in [-0.4, -0.2) is 10.3 Å². The molecule has 0 aliphatic rings. The fraction of sp³-hybridized carbons (Fsp3) is 0. The monoisotopic (exact) mass is 245 g/mol. The predicted octanol–water partition coefficient (Wildman–Crippen LogP) is 3.85. The lowest BCUT2D eigenvalue weighted by Gasteiger charge is -1.99. The summed E-state index contributed by atoms with van der Waals surface area (Å²) in [6.45, 7) is 0. The first-order chi connectivity index (χ1) is 8.27. The molecule has 0 spiro atoms. The third-order valence-corrected chi connectivity index (χ3v) is 2.91. The van der Waals surface area contributed by atoms with Crippen molar-refractivity contribution >= 4 is 22.5 Å². The molecule has 3 nitrogen and oxygen atoms in total. The van der Waals surface area contributed by atoms with Crippen LogP contribution < -0.4 is 0 Å². The Labute approximate surface area is 102 Å². The van der Waals surface area contributed by atoms with Crippen LogP contribution in [0.4, 0.5) is 0 Å². The number of phenols is 1. The average molecular weight is 246 g/mol. The summed E-state index contributed by atoms with van der Waals surface area (Å²) in [5.41, 5.74) is 1.21. The van der Waals surface area contributed by atoms with Gasteiger partial charge in [0.1, 0.15) is 11.3 Å². The molecule has 0 aliphatic heterocycles. The standard InChI is InChI=1S/C13H8ClNO2/c14-10-6-3-5-9-12(10)15-17-13(9)8-4-1-2-7-11(8)16/h1-7,16H. The van der Waals surface area contributed by atoms with Crippen molar-refractivity contribution < 1.29 is 9.63 Å². The molecule has 17 heavy (non-hydrogen) atoms. The van der Waals surface area contributed by atoms with Gasteiger partial charge < -0.3 is 9.63 Å². The normalized spacial score (nSPS) is 10.9. The van der Waals surface area contributed by atoms with Crippen LogP contribution in [0.3, 0.4) is 0 Å². The maximum atomic E-state index is 9.79. The number of para-hydroxylation sites is 1. The number of rotatable bonds is 1. The summed E-state index contributed by atoms with van der Waals surface area (Å²) in [5.74, 6) is 0.686. The lowest BCUT2D eigenvalue weighted by Crippen LogP contribution is -1.76. The van der Waals surface area contributed by atoms with E-state index in [1.165, 1.54) is 0 Å². The number of halogens is 1. The van der Waals surface area contributed by atoms with E-state index in [0.717, 1.165) is 5.39 Å². The molecule has 1 heterocycles. The van der Waals surface area contributed by atoms with E-state index in [9.17, 15) is 5.11 Å². The van der Waals surface area contributed by atoms with E-state index in [2.05, 4.69) is 5.16 Å². The van der Waals surface area contributed by atoms with Crippen LogP contribution in [0, 0.1) is 0 Å². The quantitative estimate of drug-likeness (QED) is 0.708. The minimum Gasteiger partial charge on any atom is -0.507 e. The van der Waals surface area contributed by atoms with Crippen molar-refractivity contribution in [2.75, 3.05) is 0 Å². The maximum absolute atomic E-state index is 9.79. The van der Waals surface area contributed by atoms with Gasteiger partial charge in [-0.15, -0.1) is 0 Å². The Morgan fingerprint density at radius 3 is 2.71 bits per heavy atom. The first-order valence-electron chi connectivity index (χ1n) is 5.09. The molecule has 0 fully saturated rings. The summed E-state index contributed by atoms with van der Waals surface area (Å²) in [5, 5.41) is 15.0. The molecule has 0 saturated carbocycles. The highest BCUT2D eigenvalue weighted by Crippen LogP contribution is 2.36. The zero-order valence-corrected chi connectivity index (χ0v) is 9.48. The highest BCUT2D eigenvalue weighted by molar-refractivity contribution is 6.35. The molecule has 0 amide bonds. The molecule has 0 bridgehead atoms. The van der Waals surface area contributed by atoms with Crippen LogP contribution in [0.1, 0.15) is 0 Å². The second-order valence-electron chi connectivity index (χ2n) is 3.66. The van der Waals surface area contributed by atoms with Crippen molar-refractivity contribution in [3.05, 3.63) is 47.5 Å². The molecule has 0 radical (unpaired) electrons. The zero-order valence-electron chi connectivity index (χ0n) is 8.72. The number of fused-ring (bicyclic) bond motifs is 1. The lowest BCUT2D eigenvalue weighted by atomic mass is 10.1. The van der Waals surface area contributed by atoms with Gasteiger partial charge in [-0.1, -0.05) is 35.0 Å². The Morgan fingerprint density at radius 1 is 1.06 bits per heavy atom. The first-order valence-corrected chi connectivity index (χ1v) is 5.47. The summed E-state index contributed by atoms with van der Waals surface area (Å²) < 4.78 is 5.27. The molecule has 1 aromatic heterocycles. The van der Waals surface area contributed by atoms with Crippen LogP contribution in [-0.2, 0) is 0 Å². The Morgan fingerprint density at radius 2 is 1.88 bits per heavy atom. The Kier molecular flexibility index (Phi) is 2.27. The van der Waals surface area contributed by atoms with Crippen molar-refractivity contribution in [3.8, 4) is 17.1 Å². The fourth-order valence-electron chi connectivity index (χ4n) is 1.79. The second-order valence-corrected chi connectivity index (χ2v) is 4.07. The highest BCUT2D eigenvalue weighted by atomic mass is 35.5. The number of hydrogen-bond donors (Lipinski definition) is 1. The fourth-order valence-corrected chi connectivity index (χ4v) is 2.00. The van der Waals surface area contributed by atoms with Crippen molar-refractivity contribution in [1.82, 2.24) is 5.16 Å². The molecule has 0 atom stereocenters. The van der Waals surface area contributed by atoms with Crippen molar-refractivity contribution in [3.63, 3.8) is 0 Å². The molecule has 4 heteroatoms. The number of phenolic OH excluding ortho intramolecular Hbond substituents is 1. The molecule has 3 aromatic rings. The van der Waals surface area contributed by atoms with Crippen LogP contribution >= 0.6 is 11.6 Å². The molecule has 84 valence electrons. The SMILES string of the molecule is Oc1ccccc1-c1onc2c(Cl)cccc12. The minimum absolute atomic E-state index is 0.158. The summed E-state index contributed by atoms with van der Waals surface area (Å²) in [6.07, 6.45) is 0. The summed E-state index contributed by atoms with van der Waals surface area (Å²) in [4.78, 5) is 0. The summed E-state index contributed by atoms with van der Waals surface area (Å²) >= 11 is 6.01. The average Bonchev–Trinajstić information content (AvgIpc) is 2.75. The van der Waals surface area contributed by atoms with E-state index in [0.29, 0.717) is 21.9 Å². The number of nitrogens with zero attached hydrogens (tertiary/aromatic N) is 1. The van der Waals surface area contributed by atoms with Gasteiger partial charge in [-0.3, -0.25) is 0 Å². The highest BCUT2D eigenvalue weighted by Gasteiger charge is 2.14. The smallest absolute Gasteiger partial charge is 0.178 e. The number of aromatic hydroxyl groups is 1. The van der Waals surface area contributed by atoms with Crippen molar-refractivity contribution in [1.29, 1.82) is 0 Å². The van der Waals surface area contributed by atoms with E-state index < -0.39 is 0 Å². The van der Waals surface area contributed by atoms with Crippen LogP contribution in [0.15, 0.2) is 47.0 Å². The zero-order chi connectivity index (χ0) is 11.8. The van der Waals surface area contributed by atoms with Gasteiger partial charge in [0.15, 0.2) is 5.76 Å². The maximum Gasteiger partial charge on any atom is 0.178 e. The Balaban J connectivity index is 2.33. The van der Waals surface area contributed by atoms with Crippen LogP contribution in [0.25, 0.3) is 22.2 Å². The van der Waals surface area contributed by atoms with Crippen LogP contribution in [0.5, 0.6) is 5.75 Å². The minimum atomic E-state index is 0.158. The van der Waals surface area contributed by atoms with Gasteiger partial charge in [0, 0.05) is 0 Å². The van der Waals surface area contributed by atoms with Gasteiger partial charge in [-0.25, -0.2) is 0 Å². The number of aromatic nitrogens is 1. The third kappa shape index (κ3) is 1.56. The molecular weight excluding hydrogens is 238 g/mol. The summed E-state index contributed by atoms with van der Waals surface area (Å²) in [6, 6.07) is 12.4. The molecule has 0 unspecified atom stereocenters. The number of benzene rings is 2. The first kappa shape index (κ1) is 10.2. The van der Waals surface area contributed by atoms with Crippen molar-refractivity contribution in [2.24, 2.45) is 0 Å². The molecule has 0 aliphatic carbocycles. The molecule has 1 N–H and O–H groups in total. The van der Waals surface area contributed by atoms with Gasteiger partial charge in [0.25, 0.3) is 0 Å². The third-order valence-electron chi connectivity index (χ3n) is 2.61.